The van der Waals surface area contributed by atoms with E-state index < -0.39 is 6.10 Å². The quantitative estimate of drug-likeness (QED) is 0.911. The molecule has 0 spiro atoms. The van der Waals surface area contributed by atoms with E-state index in [4.69, 9.17) is 0 Å². The maximum absolute atomic E-state index is 10.3. The molecule has 4 heteroatoms. The summed E-state index contributed by atoms with van der Waals surface area (Å²) in [6, 6.07) is 0. The lowest BCUT2D eigenvalue weighted by Gasteiger charge is -2.28. The van der Waals surface area contributed by atoms with E-state index in [0.717, 1.165) is 5.70 Å². The molecule has 0 saturated heterocycles. The highest BCUT2D eigenvalue weighted by molar-refractivity contribution is 5.47. The maximum atomic E-state index is 10.3. The Kier molecular flexibility index (Phi) is 4.40. The minimum atomic E-state index is -0.464. The summed E-state index contributed by atoms with van der Waals surface area (Å²) in [5.41, 5.74) is 0.958. The van der Waals surface area contributed by atoms with Crippen molar-refractivity contribution in [2.24, 2.45) is 11.3 Å². The van der Waals surface area contributed by atoms with Crippen LogP contribution < -0.4 is 0 Å². The summed E-state index contributed by atoms with van der Waals surface area (Å²) >= 11 is 0. The lowest BCUT2D eigenvalue weighted by atomic mass is 9.83. The van der Waals surface area contributed by atoms with Gasteiger partial charge in [0.2, 0.25) is 0 Å². The predicted octanol–water partition coefficient (Wildman–Crippen LogP) is 3.11. The first-order valence-corrected chi connectivity index (χ1v) is 7.23. The van der Waals surface area contributed by atoms with Crippen LogP contribution in [-0.2, 0) is 0 Å². The largest absolute Gasteiger partial charge is 0.388 e. The number of aliphatic hydroxyl groups excluding tert-OH is 1. The third-order valence-electron chi connectivity index (χ3n) is 3.92. The van der Waals surface area contributed by atoms with Crippen LogP contribution in [0.3, 0.4) is 0 Å². The Balaban J connectivity index is 2.26. The van der Waals surface area contributed by atoms with Gasteiger partial charge in [0, 0.05) is 11.6 Å². The van der Waals surface area contributed by atoms with Crippen molar-refractivity contribution in [3.05, 3.63) is 18.7 Å². The monoisotopic (exact) mass is 263 g/mol. The van der Waals surface area contributed by atoms with Crippen LogP contribution in [0.25, 0.3) is 5.70 Å². The van der Waals surface area contributed by atoms with E-state index in [2.05, 4.69) is 10.1 Å². The lowest BCUT2D eigenvalue weighted by Crippen LogP contribution is -2.26. The van der Waals surface area contributed by atoms with Crippen LogP contribution in [0, 0.1) is 11.3 Å². The van der Waals surface area contributed by atoms with Gasteiger partial charge in [-0.2, -0.15) is 5.10 Å². The van der Waals surface area contributed by atoms with Gasteiger partial charge in [0.15, 0.2) is 0 Å². The second-order valence-electron chi connectivity index (χ2n) is 6.58. The molecule has 2 rings (SSSR count). The van der Waals surface area contributed by atoms with Gasteiger partial charge in [-0.05, 0) is 24.3 Å². The molecule has 1 atom stereocenters. The Morgan fingerprint density at radius 3 is 2.53 bits per heavy atom. The zero-order chi connectivity index (χ0) is 13.9. The normalized spacial score (nSPS) is 20.5. The first-order valence-electron chi connectivity index (χ1n) is 7.23. The van der Waals surface area contributed by atoms with Crippen LogP contribution in [0.1, 0.15) is 52.9 Å². The molecule has 1 aromatic heterocycles. The third kappa shape index (κ3) is 3.66. The maximum Gasteiger partial charge on any atom is 0.138 e. The minimum Gasteiger partial charge on any atom is -0.388 e. The van der Waals surface area contributed by atoms with Crippen molar-refractivity contribution in [3.63, 3.8) is 0 Å². The van der Waals surface area contributed by atoms with E-state index in [1.54, 1.807) is 12.7 Å². The zero-order valence-electron chi connectivity index (χ0n) is 12.2. The van der Waals surface area contributed by atoms with Crippen molar-refractivity contribution in [3.8, 4) is 0 Å². The Labute approximate surface area is 115 Å². The van der Waals surface area contributed by atoms with E-state index >= 15 is 0 Å². The van der Waals surface area contributed by atoms with Crippen molar-refractivity contribution in [2.75, 3.05) is 0 Å². The molecule has 0 bridgehead atoms. The highest BCUT2D eigenvalue weighted by atomic mass is 16.3. The molecule has 106 valence electrons. The molecular formula is C15H25N3O. The summed E-state index contributed by atoms with van der Waals surface area (Å²) in [5.74, 6) is 0.493. The molecule has 1 aromatic rings. The molecule has 0 amide bonds. The average Bonchev–Trinajstić information content (AvgIpc) is 2.89. The summed E-state index contributed by atoms with van der Waals surface area (Å²) < 4.78 is 1.82. The summed E-state index contributed by atoms with van der Waals surface area (Å²) in [4.78, 5) is 4.04. The molecule has 0 aromatic carbocycles. The topological polar surface area (TPSA) is 50.9 Å². The standard InChI is InChI=1S/C15H25N3O/c1-15(2,3)14(19)9-13(18-11-16-10-17-18)12-7-5-4-6-8-12/h9-12,14,19H,4-8H2,1-3H3. The number of aromatic nitrogens is 3. The molecule has 1 aliphatic rings. The van der Waals surface area contributed by atoms with Gasteiger partial charge in [-0.1, -0.05) is 40.0 Å². The fourth-order valence-corrected chi connectivity index (χ4v) is 2.55. The van der Waals surface area contributed by atoms with E-state index in [-0.39, 0.29) is 5.41 Å². The Bertz CT molecular complexity index is 411. The molecule has 0 aliphatic heterocycles. The number of aliphatic hydroxyl groups is 1. The first-order chi connectivity index (χ1) is 8.98. The van der Waals surface area contributed by atoms with E-state index in [0.29, 0.717) is 5.92 Å². The highest BCUT2D eigenvalue weighted by Crippen LogP contribution is 2.33. The predicted molar refractivity (Wildman–Crippen MR) is 76.3 cm³/mol. The van der Waals surface area contributed by atoms with Crippen molar-refractivity contribution < 1.29 is 5.11 Å². The molecule has 1 aliphatic carbocycles. The van der Waals surface area contributed by atoms with Crippen LogP contribution in [-0.4, -0.2) is 26.0 Å². The van der Waals surface area contributed by atoms with Gasteiger partial charge in [0.05, 0.1) is 6.10 Å². The molecule has 1 saturated carbocycles. The number of hydrogen-bond acceptors (Lipinski definition) is 3. The van der Waals surface area contributed by atoms with Crippen LogP contribution in [0.15, 0.2) is 18.7 Å². The van der Waals surface area contributed by atoms with Crippen LogP contribution in [0.4, 0.5) is 0 Å². The van der Waals surface area contributed by atoms with Gasteiger partial charge >= 0.3 is 0 Å². The first kappa shape index (κ1) is 14.3. The lowest BCUT2D eigenvalue weighted by molar-refractivity contribution is 0.105. The van der Waals surface area contributed by atoms with Crippen LogP contribution >= 0.6 is 0 Å². The van der Waals surface area contributed by atoms with Gasteiger partial charge in [-0.15, -0.1) is 0 Å². The molecular weight excluding hydrogens is 238 g/mol. The second kappa shape index (κ2) is 5.87. The number of hydrogen-bond donors (Lipinski definition) is 1. The number of allylic oxidation sites excluding steroid dienone is 1. The SMILES string of the molecule is CC(C)(C)C(O)C=C(C1CCCCC1)n1cncn1. The summed E-state index contributed by atoms with van der Waals surface area (Å²) in [6.07, 6.45) is 11.0. The Morgan fingerprint density at radius 1 is 1.32 bits per heavy atom. The van der Waals surface area contributed by atoms with Crippen molar-refractivity contribution in [1.29, 1.82) is 0 Å². The fraction of sp³-hybridized carbons (Fsp3) is 0.733. The van der Waals surface area contributed by atoms with Crippen molar-refractivity contribution in [2.45, 2.75) is 59.0 Å². The molecule has 0 radical (unpaired) electrons. The fourth-order valence-electron chi connectivity index (χ4n) is 2.55. The van der Waals surface area contributed by atoms with Gasteiger partial charge < -0.3 is 5.11 Å². The van der Waals surface area contributed by atoms with Crippen molar-refractivity contribution >= 4 is 5.70 Å². The summed E-state index contributed by atoms with van der Waals surface area (Å²) in [5, 5.41) is 14.6. The molecule has 1 fully saturated rings. The van der Waals surface area contributed by atoms with Gasteiger partial charge in [0.25, 0.3) is 0 Å². The minimum absolute atomic E-state index is 0.152. The summed E-state index contributed by atoms with van der Waals surface area (Å²) in [7, 11) is 0. The van der Waals surface area contributed by atoms with Gasteiger partial charge in [-0.3, -0.25) is 0 Å². The Morgan fingerprint density at radius 2 is 2.00 bits per heavy atom. The second-order valence-corrected chi connectivity index (χ2v) is 6.58. The van der Waals surface area contributed by atoms with Gasteiger partial charge in [0.1, 0.15) is 12.7 Å². The zero-order valence-corrected chi connectivity index (χ0v) is 12.2. The smallest absolute Gasteiger partial charge is 0.138 e. The average molecular weight is 263 g/mol. The molecule has 4 nitrogen and oxygen atoms in total. The Hall–Kier alpha value is -1.16. The van der Waals surface area contributed by atoms with E-state index in [1.165, 1.54) is 32.1 Å². The highest BCUT2D eigenvalue weighted by Gasteiger charge is 2.25. The molecule has 1 unspecified atom stereocenters. The van der Waals surface area contributed by atoms with E-state index in [1.807, 2.05) is 31.5 Å². The number of rotatable bonds is 3. The van der Waals surface area contributed by atoms with Crippen LogP contribution in [0.5, 0.6) is 0 Å². The van der Waals surface area contributed by atoms with E-state index in [9.17, 15) is 5.11 Å². The van der Waals surface area contributed by atoms with Crippen LogP contribution in [0.2, 0.25) is 0 Å². The molecule has 19 heavy (non-hydrogen) atoms. The molecule has 1 N–H and O–H groups in total. The van der Waals surface area contributed by atoms with Crippen molar-refractivity contribution in [1.82, 2.24) is 14.8 Å². The number of nitrogens with zero attached hydrogens (tertiary/aromatic N) is 3. The van der Waals surface area contributed by atoms with Gasteiger partial charge in [-0.25, -0.2) is 9.67 Å². The molecule has 1 heterocycles. The summed E-state index contributed by atoms with van der Waals surface area (Å²) in [6.45, 7) is 6.15. The third-order valence-corrected chi connectivity index (χ3v) is 3.92.